The maximum Gasteiger partial charge on any atom is 0.325 e. The Morgan fingerprint density at radius 3 is 2.36 bits per heavy atom. The number of nitrogens with one attached hydrogen (secondary N) is 3. The van der Waals surface area contributed by atoms with Gasteiger partial charge in [0.1, 0.15) is 12.1 Å². The molecule has 0 aromatic heterocycles. The Balaban J connectivity index is 1.42. The van der Waals surface area contributed by atoms with Crippen LogP contribution in [0.4, 0.5) is 4.79 Å². The number of carbonyl (C=O) groups excluding carboxylic acids is 4. The van der Waals surface area contributed by atoms with E-state index in [0.29, 0.717) is 11.1 Å². The van der Waals surface area contributed by atoms with Crippen molar-refractivity contribution in [2.24, 2.45) is 0 Å². The SMILES string of the molecule is CNC(=O)c1ccc(CNC(=O)CN2C(=O)NC(C)(c3ccc4ccccc4c3)C2=O)cc1. The van der Waals surface area contributed by atoms with Crippen LogP contribution in [-0.4, -0.2) is 42.2 Å². The van der Waals surface area contributed by atoms with Gasteiger partial charge in [0.2, 0.25) is 5.91 Å². The van der Waals surface area contributed by atoms with E-state index in [1.165, 1.54) is 0 Å². The zero-order chi connectivity index (χ0) is 23.6. The van der Waals surface area contributed by atoms with Crippen LogP contribution in [0.3, 0.4) is 0 Å². The molecule has 1 fully saturated rings. The van der Waals surface area contributed by atoms with Gasteiger partial charge in [-0.1, -0.05) is 48.5 Å². The summed E-state index contributed by atoms with van der Waals surface area (Å²) >= 11 is 0. The lowest BCUT2D eigenvalue weighted by molar-refractivity contribution is -0.134. The molecular formula is C25H24N4O4. The molecule has 1 saturated heterocycles. The summed E-state index contributed by atoms with van der Waals surface area (Å²) in [6.07, 6.45) is 0. The minimum absolute atomic E-state index is 0.196. The van der Waals surface area contributed by atoms with Crippen LogP contribution in [-0.2, 0) is 21.7 Å². The van der Waals surface area contributed by atoms with Gasteiger partial charge in [0.05, 0.1) is 0 Å². The maximum atomic E-state index is 13.1. The summed E-state index contributed by atoms with van der Waals surface area (Å²) < 4.78 is 0. The first kappa shape index (κ1) is 22.0. The molecule has 0 radical (unpaired) electrons. The lowest BCUT2D eigenvalue weighted by atomic mass is 9.90. The minimum atomic E-state index is -1.25. The summed E-state index contributed by atoms with van der Waals surface area (Å²) in [5, 5.41) is 9.97. The number of fused-ring (bicyclic) bond motifs is 1. The molecule has 33 heavy (non-hydrogen) atoms. The molecular weight excluding hydrogens is 420 g/mol. The number of nitrogens with zero attached hydrogens (tertiary/aromatic N) is 1. The third-order valence-corrected chi connectivity index (χ3v) is 5.84. The molecule has 168 valence electrons. The van der Waals surface area contributed by atoms with Crippen molar-refractivity contribution in [2.75, 3.05) is 13.6 Å². The van der Waals surface area contributed by atoms with Crippen LogP contribution in [0.1, 0.15) is 28.4 Å². The van der Waals surface area contributed by atoms with Crippen molar-refractivity contribution in [2.45, 2.75) is 19.0 Å². The highest BCUT2D eigenvalue weighted by Gasteiger charge is 2.49. The highest BCUT2D eigenvalue weighted by Crippen LogP contribution is 2.30. The Bertz CT molecular complexity index is 1250. The third-order valence-electron chi connectivity index (χ3n) is 5.84. The van der Waals surface area contributed by atoms with Crippen LogP contribution in [0, 0.1) is 0 Å². The van der Waals surface area contributed by atoms with E-state index >= 15 is 0 Å². The molecule has 1 unspecified atom stereocenters. The van der Waals surface area contributed by atoms with Crippen LogP contribution in [0.5, 0.6) is 0 Å². The molecule has 3 aromatic rings. The second-order valence-electron chi connectivity index (χ2n) is 8.06. The number of rotatable bonds is 6. The fraction of sp³-hybridized carbons (Fsp3) is 0.200. The molecule has 0 saturated carbocycles. The van der Waals surface area contributed by atoms with Gasteiger partial charge in [-0.15, -0.1) is 0 Å². The molecule has 8 nitrogen and oxygen atoms in total. The first-order chi connectivity index (χ1) is 15.8. The van der Waals surface area contributed by atoms with Gasteiger partial charge >= 0.3 is 6.03 Å². The van der Waals surface area contributed by atoms with E-state index in [-0.39, 0.29) is 19.0 Å². The van der Waals surface area contributed by atoms with Crippen LogP contribution < -0.4 is 16.0 Å². The largest absolute Gasteiger partial charge is 0.355 e. The number of urea groups is 1. The van der Waals surface area contributed by atoms with Crippen LogP contribution in [0.2, 0.25) is 0 Å². The van der Waals surface area contributed by atoms with Crippen molar-refractivity contribution < 1.29 is 19.2 Å². The van der Waals surface area contributed by atoms with E-state index in [4.69, 9.17) is 0 Å². The molecule has 1 aliphatic heterocycles. The highest BCUT2D eigenvalue weighted by atomic mass is 16.2. The van der Waals surface area contributed by atoms with E-state index in [2.05, 4.69) is 16.0 Å². The average molecular weight is 444 g/mol. The Kier molecular flexibility index (Phi) is 5.83. The molecule has 0 aliphatic carbocycles. The molecule has 8 heteroatoms. The van der Waals surface area contributed by atoms with Crippen LogP contribution >= 0.6 is 0 Å². The van der Waals surface area contributed by atoms with Gasteiger partial charge in [0.15, 0.2) is 0 Å². The minimum Gasteiger partial charge on any atom is -0.355 e. The first-order valence-electron chi connectivity index (χ1n) is 10.5. The summed E-state index contributed by atoms with van der Waals surface area (Å²) in [6, 6.07) is 19.5. The Morgan fingerprint density at radius 1 is 0.970 bits per heavy atom. The van der Waals surface area contributed by atoms with Gasteiger partial charge in [-0.2, -0.15) is 0 Å². The molecule has 0 bridgehead atoms. The molecule has 5 amide bonds. The second-order valence-corrected chi connectivity index (χ2v) is 8.06. The zero-order valence-electron chi connectivity index (χ0n) is 18.3. The summed E-state index contributed by atoms with van der Waals surface area (Å²) in [7, 11) is 1.55. The molecule has 3 aromatic carbocycles. The molecule has 1 atom stereocenters. The lowest BCUT2D eigenvalue weighted by Crippen LogP contribution is -2.43. The van der Waals surface area contributed by atoms with E-state index in [9.17, 15) is 19.2 Å². The number of imide groups is 1. The smallest absolute Gasteiger partial charge is 0.325 e. The normalized spacial score (nSPS) is 17.7. The number of hydrogen-bond acceptors (Lipinski definition) is 4. The molecule has 4 rings (SSSR count). The van der Waals surface area contributed by atoms with Gasteiger partial charge < -0.3 is 16.0 Å². The highest BCUT2D eigenvalue weighted by molar-refractivity contribution is 6.09. The fourth-order valence-corrected chi connectivity index (χ4v) is 3.86. The average Bonchev–Trinajstić information content (AvgIpc) is 3.06. The van der Waals surface area contributed by atoms with Gasteiger partial charge in [0.25, 0.3) is 11.8 Å². The van der Waals surface area contributed by atoms with Crippen LogP contribution in [0.15, 0.2) is 66.7 Å². The van der Waals surface area contributed by atoms with Crippen molar-refractivity contribution in [3.05, 3.63) is 83.4 Å². The van der Waals surface area contributed by atoms with Crippen LogP contribution in [0.25, 0.3) is 10.8 Å². The molecule has 3 N–H and O–H groups in total. The van der Waals surface area contributed by atoms with Crippen molar-refractivity contribution >= 4 is 34.5 Å². The van der Waals surface area contributed by atoms with Crippen molar-refractivity contribution in [3.8, 4) is 0 Å². The zero-order valence-corrected chi connectivity index (χ0v) is 18.3. The summed E-state index contributed by atoms with van der Waals surface area (Å²) in [4.78, 5) is 50.7. The predicted molar refractivity (Wildman–Crippen MR) is 123 cm³/mol. The van der Waals surface area contributed by atoms with Crippen molar-refractivity contribution in [1.82, 2.24) is 20.9 Å². The van der Waals surface area contributed by atoms with Crippen molar-refractivity contribution in [1.29, 1.82) is 0 Å². The molecule has 0 spiro atoms. The first-order valence-corrected chi connectivity index (χ1v) is 10.5. The second kappa shape index (κ2) is 8.74. The molecule has 1 aliphatic rings. The van der Waals surface area contributed by atoms with Gasteiger partial charge in [0, 0.05) is 19.2 Å². The van der Waals surface area contributed by atoms with E-state index in [1.54, 1.807) is 38.2 Å². The van der Waals surface area contributed by atoms with Crippen molar-refractivity contribution in [3.63, 3.8) is 0 Å². The van der Waals surface area contributed by atoms with E-state index in [0.717, 1.165) is 21.2 Å². The monoisotopic (exact) mass is 444 g/mol. The number of benzene rings is 3. The Morgan fingerprint density at radius 2 is 1.67 bits per heavy atom. The number of amides is 5. The maximum absolute atomic E-state index is 13.1. The topological polar surface area (TPSA) is 108 Å². The summed E-state index contributed by atoms with van der Waals surface area (Å²) in [5.74, 6) is -1.14. The number of hydrogen-bond donors (Lipinski definition) is 3. The fourth-order valence-electron chi connectivity index (χ4n) is 3.86. The van der Waals surface area contributed by atoms with E-state index < -0.39 is 23.4 Å². The Hall–Kier alpha value is -4.20. The standard InChI is InChI=1S/C25H24N4O4/c1-25(20-12-11-17-5-3-4-6-19(17)13-20)23(32)29(24(33)28-25)15-21(30)27-14-16-7-9-18(10-8-16)22(31)26-2/h3-13H,14-15H2,1-2H3,(H,26,31)(H,27,30)(H,28,33). The van der Waals surface area contributed by atoms with Gasteiger partial charge in [-0.25, -0.2) is 4.79 Å². The number of carbonyl (C=O) groups is 4. The molecule has 1 heterocycles. The summed E-state index contributed by atoms with van der Waals surface area (Å²) in [6.45, 7) is 1.46. The quantitative estimate of drug-likeness (QED) is 0.507. The summed E-state index contributed by atoms with van der Waals surface area (Å²) in [5.41, 5.74) is 0.699. The van der Waals surface area contributed by atoms with Gasteiger partial charge in [-0.05, 0) is 47.0 Å². The lowest BCUT2D eigenvalue weighted by Gasteiger charge is -2.22. The predicted octanol–water partition coefficient (Wildman–Crippen LogP) is 2.28. The van der Waals surface area contributed by atoms with Gasteiger partial charge in [-0.3, -0.25) is 19.3 Å². The van der Waals surface area contributed by atoms with E-state index in [1.807, 2.05) is 42.5 Å². The third kappa shape index (κ3) is 4.27. The Labute approximate surface area is 191 Å².